The second-order valence-electron chi connectivity index (χ2n) is 8.16. The molecule has 0 radical (unpaired) electrons. The molecule has 0 aliphatic carbocycles. The molecule has 4 rings (SSSR count). The Labute approximate surface area is 193 Å². The summed E-state index contributed by atoms with van der Waals surface area (Å²) in [6.07, 6.45) is 2.06. The Kier molecular flexibility index (Phi) is 7.02. The normalized spacial score (nSPS) is 15.5. The summed E-state index contributed by atoms with van der Waals surface area (Å²) in [4.78, 5) is 33.5. The lowest BCUT2D eigenvalue weighted by atomic mass is 10.0. The zero-order valence-electron chi connectivity index (χ0n) is 18.1. The quantitative estimate of drug-likeness (QED) is 0.620. The van der Waals surface area contributed by atoms with Crippen LogP contribution in [0.1, 0.15) is 30.5 Å². The minimum Gasteiger partial charge on any atom is -0.349 e. The minimum atomic E-state index is -0.364. The predicted octanol–water partition coefficient (Wildman–Crippen LogP) is 3.80. The fraction of sp³-hybridized carbons (Fsp3) is 0.320. The van der Waals surface area contributed by atoms with Crippen molar-refractivity contribution in [1.82, 2.24) is 20.1 Å². The molecule has 1 N–H and O–H groups in total. The molecule has 1 unspecified atom stereocenters. The van der Waals surface area contributed by atoms with Crippen LogP contribution >= 0.6 is 11.6 Å². The van der Waals surface area contributed by atoms with Gasteiger partial charge in [0.05, 0.1) is 18.0 Å². The van der Waals surface area contributed by atoms with Crippen LogP contribution in [-0.2, 0) is 16.1 Å². The molecule has 7 heteroatoms. The lowest BCUT2D eigenvalue weighted by Gasteiger charge is -2.35. The number of hydrogen-bond donors (Lipinski definition) is 1. The van der Waals surface area contributed by atoms with Gasteiger partial charge in [0.15, 0.2) is 0 Å². The number of nitrogens with one attached hydrogen (secondary N) is 1. The molecule has 32 heavy (non-hydrogen) atoms. The van der Waals surface area contributed by atoms with Gasteiger partial charge in [-0.05, 0) is 29.3 Å². The third-order valence-electron chi connectivity index (χ3n) is 5.86. The van der Waals surface area contributed by atoms with E-state index in [-0.39, 0.29) is 24.3 Å². The molecule has 1 atom stereocenters. The summed E-state index contributed by atoms with van der Waals surface area (Å²) in [5, 5.41) is 4.66. The van der Waals surface area contributed by atoms with E-state index in [1.807, 2.05) is 29.3 Å². The molecule has 2 heterocycles. The summed E-state index contributed by atoms with van der Waals surface area (Å²) in [6.45, 7) is 5.24. The number of piperazine rings is 1. The molecule has 0 bridgehead atoms. The van der Waals surface area contributed by atoms with Gasteiger partial charge in [-0.15, -0.1) is 0 Å². The van der Waals surface area contributed by atoms with Gasteiger partial charge in [0.2, 0.25) is 11.8 Å². The fourth-order valence-corrected chi connectivity index (χ4v) is 4.31. The second kappa shape index (κ2) is 10.1. The number of carbonyl (C=O) groups is 2. The average Bonchev–Trinajstić information content (AvgIpc) is 2.79. The Hall–Kier alpha value is -2.96. The summed E-state index contributed by atoms with van der Waals surface area (Å²) in [6, 6.07) is 17.2. The highest BCUT2D eigenvalue weighted by molar-refractivity contribution is 6.30. The number of benzene rings is 2. The van der Waals surface area contributed by atoms with Crippen LogP contribution in [0.25, 0.3) is 10.9 Å². The third kappa shape index (κ3) is 5.44. The van der Waals surface area contributed by atoms with Crippen molar-refractivity contribution in [3.63, 3.8) is 0 Å². The predicted molar refractivity (Wildman–Crippen MR) is 126 cm³/mol. The van der Waals surface area contributed by atoms with E-state index >= 15 is 0 Å². The Morgan fingerprint density at radius 2 is 1.75 bits per heavy atom. The smallest absolute Gasteiger partial charge is 0.225 e. The number of aromatic nitrogens is 1. The number of nitrogens with zero attached hydrogens (tertiary/aromatic N) is 3. The number of para-hydroxylation sites is 1. The van der Waals surface area contributed by atoms with Gasteiger partial charge in [-0.1, -0.05) is 48.0 Å². The standard InChI is InChI=1S/C25H27ClN4O2/c1-18(31)28-23(19-7-9-22(26)10-8-19)16-24(32)30-14-12-29(13-15-30)17-21-5-2-4-20-6-3-11-27-25(20)21/h2-11,23H,12-17H2,1H3,(H,28,31). The number of amides is 2. The molecule has 1 saturated heterocycles. The molecule has 1 aliphatic heterocycles. The van der Waals surface area contributed by atoms with Crippen molar-refractivity contribution >= 4 is 34.3 Å². The lowest BCUT2D eigenvalue weighted by molar-refractivity contribution is -0.133. The molecule has 2 aromatic carbocycles. The molecular formula is C25H27ClN4O2. The van der Waals surface area contributed by atoms with E-state index in [1.54, 1.807) is 12.1 Å². The number of rotatable bonds is 6. The molecule has 0 saturated carbocycles. The average molecular weight is 451 g/mol. The van der Waals surface area contributed by atoms with Crippen molar-refractivity contribution in [3.05, 3.63) is 76.9 Å². The van der Waals surface area contributed by atoms with Crippen LogP contribution in [0.2, 0.25) is 5.02 Å². The van der Waals surface area contributed by atoms with Gasteiger partial charge >= 0.3 is 0 Å². The number of hydrogen-bond acceptors (Lipinski definition) is 4. The molecule has 2 amide bonds. The summed E-state index contributed by atoms with van der Waals surface area (Å²) < 4.78 is 0. The molecule has 1 aliphatic rings. The number of pyridine rings is 1. The van der Waals surface area contributed by atoms with E-state index < -0.39 is 0 Å². The van der Waals surface area contributed by atoms with E-state index in [1.165, 1.54) is 12.5 Å². The highest BCUT2D eigenvalue weighted by atomic mass is 35.5. The molecule has 166 valence electrons. The lowest BCUT2D eigenvalue weighted by Crippen LogP contribution is -2.49. The number of halogens is 1. The first-order chi connectivity index (χ1) is 15.5. The monoisotopic (exact) mass is 450 g/mol. The van der Waals surface area contributed by atoms with Crippen molar-refractivity contribution in [1.29, 1.82) is 0 Å². The van der Waals surface area contributed by atoms with Crippen molar-refractivity contribution < 1.29 is 9.59 Å². The van der Waals surface area contributed by atoms with Crippen molar-refractivity contribution in [2.75, 3.05) is 26.2 Å². The van der Waals surface area contributed by atoms with E-state index in [2.05, 4.69) is 39.5 Å². The Morgan fingerprint density at radius 3 is 2.47 bits per heavy atom. The zero-order valence-corrected chi connectivity index (χ0v) is 18.9. The summed E-state index contributed by atoms with van der Waals surface area (Å²) in [5.41, 5.74) is 3.12. The van der Waals surface area contributed by atoms with Crippen LogP contribution < -0.4 is 5.32 Å². The topological polar surface area (TPSA) is 65.5 Å². The van der Waals surface area contributed by atoms with Crippen LogP contribution in [0.5, 0.6) is 0 Å². The first-order valence-corrected chi connectivity index (χ1v) is 11.2. The summed E-state index contributed by atoms with van der Waals surface area (Å²) in [5.74, 6) is -0.114. The van der Waals surface area contributed by atoms with E-state index in [4.69, 9.17) is 11.6 Å². The van der Waals surface area contributed by atoms with Crippen LogP contribution in [0.15, 0.2) is 60.8 Å². The van der Waals surface area contributed by atoms with Crippen molar-refractivity contribution in [2.24, 2.45) is 0 Å². The molecule has 6 nitrogen and oxygen atoms in total. The maximum Gasteiger partial charge on any atom is 0.225 e. The first-order valence-electron chi connectivity index (χ1n) is 10.8. The van der Waals surface area contributed by atoms with Crippen LogP contribution in [-0.4, -0.2) is 52.8 Å². The first kappa shape index (κ1) is 22.2. The van der Waals surface area contributed by atoms with Gasteiger partial charge in [-0.2, -0.15) is 0 Å². The SMILES string of the molecule is CC(=O)NC(CC(=O)N1CCN(Cc2cccc3cccnc23)CC1)c1ccc(Cl)cc1. The van der Waals surface area contributed by atoms with Gasteiger partial charge in [0.1, 0.15) is 0 Å². The van der Waals surface area contributed by atoms with E-state index in [0.29, 0.717) is 18.1 Å². The van der Waals surface area contributed by atoms with Gasteiger partial charge in [-0.25, -0.2) is 0 Å². The zero-order chi connectivity index (χ0) is 22.5. The fourth-order valence-electron chi connectivity index (χ4n) is 4.19. The van der Waals surface area contributed by atoms with Gasteiger partial charge in [-0.3, -0.25) is 19.5 Å². The summed E-state index contributed by atoms with van der Waals surface area (Å²) in [7, 11) is 0. The highest BCUT2D eigenvalue weighted by Gasteiger charge is 2.25. The van der Waals surface area contributed by atoms with Crippen molar-refractivity contribution in [2.45, 2.75) is 25.9 Å². The minimum absolute atomic E-state index is 0.0465. The van der Waals surface area contributed by atoms with Crippen LogP contribution in [0.4, 0.5) is 0 Å². The summed E-state index contributed by atoms with van der Waals surface area (Å²) >= 11 is 5.98. The Morgan fingerprint density at radius 1 is 1.03 bits per heavy atom. The van der Waals surface area contributed by atoms with E-state index in [0.717, 1.165) is 36.1 Å². The second-order valence-corrected chi connectivity index (χ2v) is 8.59. The largest absolute Gasteiger partial charge is 0.349 e. The van der Waals surface area contributed by atoms with Gasteiger partial charge in [0.25, 0.3) is 0 Å². The molecule has 1 fully saturated rings. The molecular weight excluding hydrogens is 424 g/mol. The number of carbonyl (C=O) groups excluding carboxylic acids is 2. The maximum absolute atomic E-state index is 13.0. The third-order valence-corrected chi connectivity index (χ3v) is 6.12. The number of fused-ring (bicyclic) bond motifs is 1. The van der Waals surface area contributed by atoms with Crippen molar-refractivity contribution in [3.8, 4) is 0 Å². The van der Waals surface area contributed by atoms with Gasteiger partial charge in [0, 0.05) is 56.3 Å². The highest BCUT2D eigenvalue weighted by Crippen LogP contribution is 2.22. The maximum atomic E-state index is 13.0. The van der Waals surface area contributed by atoms with Gasteiger partial charge < -0.3 is 10.2 Å². The van der Waals surface area contributed by atoms with E-state index in [9.17, 15) is 9.59 Å². The van der Waals surface area contributed by atoms with Crippen LogP contribution in [0, 0.1) is 0 Å². The van der Waals surface area contributed by atoms with Crippen LogP contribution in [0.3, 0.4) is 0 Å². The Bertz CT molecular complexity index is 1090. The Balaban J connectivity index is 1.36. The molecule has 0 spiro atoms. The molecule has 1 aromatic heterocycles. The molecule has 3 aromatic rings.